The summed E-state index contributed by atoms with van der Waals surface area (Å²) >= 11 is 0. The van der Waals surface area contributed by atoms with Crippen molar-refractivity contribution in [1.82, 2.24) is 5.32 Å². The first-order chi connectivity index (χ1) is 7.70. The van der Waals surface area contributed by atoms with Crippen molar-refractivity contribution < 1.29 is 19.4 Å². The highest BCUT2D eigenvalue weighted by Gasteiger charge is 2.33. The number of aliphatic hydroxyl groups is 2. The van der Waals surface area contributed by atoms with Crippen LogP contribution in [0.2, 0.25) is 0 Å². The number of hydrogen-bond donors (Lipinski definition) is 3. The Labute approximate surface area is 93.1 Å². The fourth-order valence-electron chi connectivity index (χ4n) is 2.08. The second-order valence-electron chi connectivity index (χ2n) is 4.13. The third-order valence-corrected chi connectivity index (χ3v) is 2.97. The van der Waals surface area contributed by atoms with Gasteiger partial charge >= 0.3 is 0 Å². The van der Waals surface area contributed by atoms with Crippen LogP contribution in [0.4, 0.5) is 0 Å². The smallest absolute Gasteiger partial charge is 0.287 e. The minimum Gasteiger partial charge on any atom is -0.459 e. The largest absolute Gasteiger partial charge is 0.459 e. The minimum atomic E-state index is -0.535. The molecule has 0 spiro atoms. The predicted molar refractivity (Wildman–Crippen MR) is 55.8 cm³/mol. The first kappa shape index (κ1) is 11.2. The van der Waals surface area contributed by atoms with Gasteiger partial charge in [0, 0.05) is 18.6 Å². The van der Waals surface area contributed by atoms with Crippen LogP contribution in [0.25, 0.3) is 0 Å². The van der Waals surface area contributed by atoms with Crippen molar-refractivity contribution in [2.24, 2.45) is 5.92 Å². The van der Waals surface area contributed by atoms with Gasteiger partial charge in [0.15, 0.2) is 5.76 Å². The van der Waals surface area contributed by atoms with Crippen molar-refractivity contribution in [3.63, 3.8) is 0 Å². The van der Waals surface area contributed by atoms with Crippen LogP contribution < -0.4 is 5.32 Å². The Morgan fingerprint density at radius 2 is 2.38 bits per heavy atom. The Kier molecular flexibility index (Phi) is 3.26. The molecule has 1 saturated carbocycles. The molecule has 1 aromatic rings. The molecule has 1 amide bonds. The van der Waals surface area contributed by atoms with E-state index in [0.29, 0.717) is 12.8 Å². The van der Waals surface area contributed by atoms with Crippen molar-refractivity contribution >= 4 is 5.91 Å². The number of carbonyl (C=O) groups excluding carboxylic acids is 1. The molecular weight excluding hydrogens is 210 g/mol. The maximum Gasteiger partial charge on any atom is 0.287 e. The van der Waals surface area contributed by atoms with Gasteiger partial charge in [0.2, 0.25) is 0 Å². The van der Waals surface area contributed by atoms with E-state index in [-0.39, 0.29) is 30.2 Å². The fraction of sp³-hybridized carbons (Fsp3) is 0.545. The van der Waals surface area contributed by atoms with Crippen molar-refractivity contribution in [3.05, 3.63) is 24.2 Å². The summed E-state index contributed by atoms with van der Waals surface area (Å²) in [4.78, 5) is 11.6. The zero-order valence-electron chi connectivity index (χ0n) is 8.80. The number of nitrogens with one attached hydrogen (secondary N) is 1. The van der Waals surface area contributed by atoms with Gasteiger partial charge in [-0.05, 0) is 25.0 Å². The monoisotopic (exact) mass is 225 g/mol. The summed E-state index contributed by atoms with van der Waals surface area (Å²) in [7, 11) is 0. The van der Waals surface area contributed by atoms with Gasteiger partial charge in [0.25, 0.3) is 5.91 Å². The molecule has 5 nitrogen and oxygen atoms in total. The van der Waals surface area contributed by atoms with Crippen LogP contribution in [0.1, 0.15) is 23.4 Å². The third kappa shape index (κ3) is 2.25. The average Bonchev–Trinajstić information content (AvgIpc) is 2.87. The van der Waals surface area contributed by atoms with E-state index in [1.54, 1.807) is 12.1 Å². The second-order valence-corrected chi connectivity index (χ2v) is 4.13. The Bertz CT molecular complexity index is 349. The quantitative estimate of drug-likeness (QED) is 0.683. The molecule has 0 unspecified atom stereocenters. The van der Waals surface area contributed by atoms with Crippen molar-refractivity contribution in [1.29, 1.82) is 0 Å². The van der Waals surface area contributed by atoms with E-state index in [0.717, 1.165) is 0 Å². The van der Waals surface area contributed by atoms with E-state index in [4.69, 9.17) is 9.52 Å². The van der Waals surface area contributed by atoms with Crippen LogP contribution in [-0.4, -0.2) is 34.9 Å². The summed E-state index contributed by atoms with van der Waals surface area (Å²) in [5.41, 5.74) is 0. The lowest BCUT2D eigenvalue weighted by Crippen LogP contribution is -2.33. The molecular formula is C11H15NO4. The topological polar surface area (TPSA) is 82.7 Å². The predicted octanol–water partition coefficient (Wildman–Crippen LogP) is 0.141. The molecule has 0 radical (unpaired) electrons. The van der Waals surface area contributed by atoms with Gasteiger partial charge in [-0.25, -0.2) is 0 Å². The number of furan rings is 1. The van der Waals surface area contributed by atoms with Crippen molar-refractivity contribution in [3.8, 4) is 0 Å². The molecule has 2 rings (SSSR count). The lowest BCUT2D eigenvalue weighted by atomic mass is 10.1. The first-order valence-electron chi connectivity index (χ1n) is 5.34. The maximum absolute atomic E-state index is 11.6. The highest BCUT2D eigenvalue weighted by Crippen LogP contribution is 2.25. The maximum atomic E-state index is 11.6. The molecule has 3 atom stereocenters. The van der Waals surface area contributed by atoms with Gasteiger partial charge in [-0.2, -0.15) is 0 Å². The SMILES string of the molecule is O=C(N[C@H]1C[C@@H](CO)[C@@H](O)C1)c1ccco1. The molecule has 1 aliphatic rings. The van der Waals surface area contributed by atoms with Crippen LogP contribution in [0.5, 0.6) is 0 Å². The number of amides is 1. The second kappa shape index (κ2) is 4.67. The zero-order valence-corrected chi connectivity index (χ0v) is 8.80. The molecule has 3 N–H and O–H groups in total. The molecule has 1 aromatic heterocycles. The lowest BCUT2D eigenvalue weighted by Gasteiger charge is -2.10. The van der Waals surface area contributed by atoms with Gasteiger partial charge in [0.05, 0.1) is 12.4 Å². The summed E-state index contributed by atoms with van der Waals surface area (Å²) in [6, 6.07) is 3.14. The van der Waals surface area contributed by atoms with Gasteiger partial charge in [-0.1, -0.05) is 0 Å². The van der Waals surface area contributed by atoms with Gasteiger partial charge in [0.1, 0.15) is 0 Å². The Balaban J connectivity index is 1.90. The molecule has 88 valence electrons. The number of rotatable bonds is 3. The van der Waals surface area contributed by atoms with E-state index in [9.17, 15) is 9.90 Å². The summed E-state index contributed by atoms with van der Waals surface area (Å²) in [6.45, 7) is -0.0473. The fourth-order valence-corrected chi connectivity index (χ4v) is 2.08. The number of aliphatic hydroxyl groups excluding tert-OH is 2. The van der Waals surface area contributed by atoms with E-state index in [1.165, 1.54) is 6.26 Å². The summed E-state index contributed by atoms with van der Waals surface area (Å²) < 4.78 is 4.96. The van der Waals surface area contributed by atoms with Gasteiger partial charge < -0.3 is 19.9 Å². The highest BCUT2D eigenvalue weighted by atomic mass is 16.3. The zero-order chi connectivity index (χ0) is 11.5. The molecule has 1 fully saturated rings. The molecule has 16 heavy (non-hydrogen) atoms. The standard InChI is InChI=1S/C11H15NO4/c13-6-7-4-8(5-9(7)14)12-11(15)10-2-1-3-16-10/h1-3,7-9,13-14H,4-6H2,(H,12,15)/t7-,8-,9-/m0/s1. The molecule has 0 bridgehead atoms. The molecule has 0 aliphatic heterocycles. The van der Waals surface area contributed by atoms with Crippen LogP contribution >= 0.6 is 0 Å². The molecule has 0 saturated heterocycles. The number of carbonyl (C=O) groups is 1. The van der Waals surface area contributed by atoms with Crippen LogP contribution in [0, 0.1) is 5.92 Å². The van der Waals surface area contributed by atoms with Crippen LogP contribution in [0.15, 0.2) is 22.8 Å². The molecule has 5 heteroatoms. The molecule has 0 aromatic carbocycles. The highest BCUT2D eigenvalue weighted by molar-refractivity contribution is 5.91. The Hall–Kier alpha value is -1.33. The van der Waals surface area contributed by atoms with Crippen molar-refractivity contribution in [2.75, 3.05) is 6.61 Å². The van der Waals surface area contributed by atoms with Gasteiger partial charge in [-0.3, -0.25) is 4.79 Å². The van der Waals surface area contributed by atoms with E-state index >= 15 is 0 Å². The third-order valence-electron chi connectivity index (χ3n) is 2.97. The summed E-state index contributed by atoms with van der Waals surface area (Å²) in [6.07, 6.45) is 1.99. The van der Waals surface area contributed by atoms with Gasteiger partial charge in [-0.15, -0.1) is 0 Å². The normalized spacial score (nSPS) is 29.2. The van der Waals surface area contributed by atoms with Crippen LogP contribution in [-0.2, 0) is 0 Å². The lowest BCUT2D eigenvalue weighted by molar-refractivity contribution is 0.0895. The van der Waals surface area contributed by atoms with E-state index in [2.05, 4.69) is 5.32 Å². The summed E-state index contributed by atoms with van der Waals surface area (Å²) in [5, 5.41) is 21.3. The summed E-state index contributed by atoms with van der Waals surface area (Å²) in [5.74, 6) is -0.148. The molecule has 1 heterocycles. The van der Waals surface area contributed by atoms with Crippen molar-refractivity contribution in [2.45, 2.75) is 25.0 Å². The Morgan fingerprint density at radius 3 is 2.94 bits per heavy atom. The first-order valence-corrected chi connectivity index (χ1v) is 5.34. The van der Waals surface area contributed by atoms with Crippen LogP contribution in [0.3, 0.4) is 0 Å². The number of hydrogen-bond acceptors (Lipinski definition) is 4. The van der Waals surface area contributed by atoms with E-state index < -0.39 is 6.10 Å². The molecule has 1 aliphatic carbocycles. The average molecular weight is 225 g/mol. The Morgan fingerprint density at radius 1 is 1.56 bits per heavy atom. The van der Waals surface area contributed by atoms with E-state index in [1.807, 2.05) is 0 Å². The minimum absolute atomic E-state index is 0.0473.